The number of aromatic nitrogens is 2. The Morgan fingerprint density at radius 3 is 2.03 bits per heavy atom. The largest absolute Gasteiger partial charge is 0.328 e. The standard InChI is InChI=1S/C27H22N4O3/c1-18(32)31-24-17-30(16-23(24)25(29-31)28-26(33)21-10-6-3-7-11-21)27(34)22-14-12-20(13-15-22)19-8-4-2-5-9-19/h2-15H,16-17H2,1H3,(H,28,29,33). The second-order valence-corrected chi connectivity index (χ2v) is 8.13. The van der Waals surface area contributed by atoms with Crippen LogP contribution in [0.15, 0.2) is 84.9 Å². The first-order valence-corrected chi connectivity index (χ1v) is 10.9. The number of hydrogen-bond acceptors (Lipinski definition) is 4. The van der Waals surface area contributed by atoms with Gasteiger partial charge in [-0.2, -0.15) is 0 Å². The molecule has 5 rings (SSSR count). The summed E-state index contributed by atoms with van der Waals surface area (Å²) < 4.78 is 1.27. The molecule has 2 heterocycles. The maximum absolute atomic E-state index is 13.2. The lowest BCUT2D eigenvalue weighted by Crippen LogP contribution is -2.27. The summed E-state index contributed by atoms with van der Waals surface area (Å²) in [6, 6.07) is 26.2. The molecule has 0 atom stereocenters. The van der Waals surface area contributed by atoms with Gasteiger partial charge in [-0.1, -0.05) is 60.7 Å². The van der Waals surface area contributed by atoms with Crippen molar-refractivity contribution in [2.75, 3.05) is 5.32 Å². The molecule has 0 fully saturated rings. The maximum atomic E-state index is 13.2. The highest BCUT2D eigenvalue weighted by atomic mass is 16.2. The summed E-state index contributed by atoms with van der Waals surface area (Å²) in [6.45, 7) is 1.90. The van der Waals surface area contributed by atoms with Crippen molar-refractivity contribution in [1.82, 2.24) is 14.7 Å². The summed E-state index contributed by atoms with van der Waals surface area (Å²) in [5, 5.41) is 7.10. The van der Waals surface area contributed by atoms with Gasteiger partial charge in [-0.05, 0) is 35.4 Å². The average Bonchev–Trinajstić information content (AvgIpc) is 3.45. The van der Waals surface area contributed by atoms with Crippen LogP contribution in [0.3, 0.4) is 0 Å². The van der Waals surface area contributed by atoms with E-state index >= 15 is 0 Å². The van der Waals surface area contributed by atoms with Gasteiger partial charge in [-0.25, -0.2) is 4.68 Å². The summed E-state index contributed by atoms with van der Waals surface area (Å²) in [5.41, 5.74) is 4.44. The number of anilines is 1. The summed E-state index contributed by atoms with van der Waals surface area (Å²) in [5.74, 6) is -0.448. The zero-order chi connectivity index (χ0) is 23.7. The second kappa shape index (κ2) is 8.78. The number of carbonyl (C=O) groups excluding carboxylic acids is 3. The molecule has 0 saturated heterocycles. The van der Waals surface area contributed by atoms with Crippen LogP contribution in [0.25, 0.3) is 11.1 Å². The van der Waals surface area contributed by atoms with Gasteiger partial charge in [0.25, 0.3) is 11.8 Å². The summed E-state index contributed by atoms with van der Waals surface area (Å²) in [4.78, 5) is 39.7. The fraction of sp³-hybridized carbons (Fsp3) is 0.111. The third-order valence-corrected chi connectivity index (χ3v) is 5.87. The second-order valence-electron chi connectivity index (χ2n) is 8.13. The number of hydrogen-bond donors (Lipinski definition) is 1. The van der Waals surface area contributed by atoms with E-state index in [0.717, 1.165) is 11.1 Å². The predicted octanol–water partition coefficient (Wildman–Crippen LogP) is 4.62. The maximum Gasteiger partial charge on any atom is 0.256 e. The molecule has 0 aliphatic carbocycles. The van der Waals surface area contributed by atoms with Crippen LogP contribution in [-0.4, -0.2) is 32.4 Å². The van der Waals surface area contributed by atoms with E-state index in [1.165, 1.54) is 11.6 Å². The number of fused-ring (bicyclic) bond motifs is 1. The van der Waals surface area contributed by atoms with Crippen molar-refractivity contribution in [3.8, 4) is 11.1 Å². The highest BCUT2D eigenvalue weighted by molar-refractivity contribution is 6.04. The van der Waals surface area contributed by atoms with E-state index in [-0.39, 0.29) is 30.8 Å². The van der Waals surface area contributed by atoms with E-state index in [1.54, 1.807) is 29.2 Å². The number of amides is 2. The summed E-state index contributed by atoms with van der Waals surface area (Å²) >= 11 is 0. The van der Waals surface area contributed by atoms with E-state index in [1.807, 2.05) is 60.7 Å². The van der Waals surface area contributed by atoms with Gasteiger partial charge in [0.05, 0.1) is 18.8 Å². The van der Waals surface area contributed by atoms with Crippen LogP contribution in [0.5, 0.6) is 0 Å². The number of benzene rings is 3. The topological polar surface area (TPSA) is 84.3 Å². The zero-order valence-electron chi connectivity index (χ0n) is 18.6. The van der Waals surface area contributed by atoms with Crippen LogP contribution in [0.4, 0.5) is 5.82 Å². The average molecular weight is 450 g/mol. The molecule has 0 spiro atoms. The van der Waals surface area contributed by atoms with Crippen LogP contribution in [0.2, 0.25) is 0 Å². The highest BCUT2D eigenvalue weighted by Gasteiger charge is 2.33. The Bertz CT molecular complexity index is 1380. The monoisotopic (exact) mass is 450 g/mol. The number of carbonyl (C=O) groups is 3. The molecule has 1 aliphatic heterocycles. The molecule has 3 aromatic carbocycles. The normalized spacial score (nSPS) is 12.3. The van der Waals surface area contributed by atoms with Crippen molar-refractivity contribution in [3.63, 3.8) is 0 Å². The summed E-state index contributed by atoms with van der Waals surface area (Å²) in [7, 11) is 0. The lowest BCUT2D eigenvalue weighted by molar-refractivity contribution is 0.0743. The SMILES string of the molecule is CC(=O)n1nc(NC(=O)c2ccccc2)c2c1CN(C(=O)c1ccc(-c3ccccc3)cc1)C2. The predicted molar refractivity (Wildman–Crippen MR) is 128 cm³/mol. The van der Waals surface area contributed by atoms with Crippen LogP contribution >= 0.6 is 0 Å². The van der Waals surface area contributed by atoms with Gasteiger partial charge >= 0.3 is 0 Å². The molecule has 7 nitrogen and oxygen atoms in total. The van der Waals surface area contributed by atoms with Crippen molar-refractivity contribution in [2.45, 2.75) is 20.0 Å². The van der Waals surface area contributed by atoms with Gasteiger partial charge in [-0.3, -0.25) is 14.4 Å². The smallest absolute Gasteiger partial charge is 0.256 e. The van der Waals surface area contributed by atoms with Gasteiger partial charge in [0, 0.05) is 23.6 Å². The minimum Gasteiger partial charge on any atom is -0.328 e. The first-order valence-electron chi connectivity index (χ1n) is 10.9. The molecule has 1 aliphatic rings. The third kappa shape index (κ3) is 3.99. The Kier molecular flexibility index (Phi) is 5.51. The Labute approximate surface area is 196 Å². The van der Waals surface area contributed by atoms with Crippen molar-refractivity contribution in [1.29, 1.82) is 0 Å². The molecular weight excluding hydrogens is 428 g/mol. The minimum atomic E-state index is -0.321. The molecule has 0 bridgehead atoms. The first kappa shape index (κ1) is 21.3. The van der Waals surface area contributed by atoms with Gasteiger partial charge in [0.2, 0.25) is 5.91 Å². The fourth-order valence-electron chi connectivity index (χ4n) is 4.13. The van der Waals surface area contributed by atoms with E-state index in [9.17, 15) is 14.4 Å². The van der Waals surface area contributed by atoms with Crippen LogP contribution < -0.4 is 5.32 Å². The third-order valence-electron chi connectivity index (χ3n) is 5.87. The number of nitrogens with zero attached hydrogens (tertiary/aromatic N) is 3. The number of rotatable bonds is 4. The van der Waals surface area contributed by atoms with Crippen LogP contribution in [0.1, 0.15) is 43.7 Å². The van der Waals surface area contributed by atoms with Crippen molar-refractivity contribution in [3.05, 3.63) is 107 Å². The van der Waals surface area contributed by atoms with Crippen molar-refractivity contribution >= 4 is 23.5 Å². The Morgan fingerprint density at radius 2 is 1.38 bits per heavy atom. The summed E-state index contributed by atoms with van der Waals surface area (Å²) in [6.07, 6.45) is 0. The molecule has 2 amide bonds. The molecule has 7 heteroatoms. The Hall–Kier alpha value is -4.52. The number of nitrogens with one attached hydrogen (secondary N) is 1. The Morgan fingerprint density at radius 1 is 0.765 bits per heavy atom. The molecule has 0 saturated carbocycles. The van der Waals surface area contributed by atoms with E-state index in [2.05, 4.69) is 10.4 Å². The van der Waals surface area contributed by atoms with E-state index in [4.69, 9.17) is 0 Å². The first-order chi connectivity index (χ1) is 16.5. The molecule has 4 aromatic rings. The molecule has 168 valence electrons. The van der Waals surface area contributed by atoms with Gasteiger partial charge in [0.1, 0.15) is 0 Å². The fourth-order valence-corrected chi connectivity index (χ4v) is 4.13. The quantitative estimate of drug-likeness (QED) is 0.492. The molecule has 0 radical (unpaired) electrons. The van der Waals surface area contributed by atoms with Gasteiger partial charge in [0.15, 0.2) is 5.82 Å². The van der Waals surface area contributed by atoms with E-state index < -0.39 is 0 Å². The molecule has 34 heavy (non-hydrogen) atoms. The molecule has 1 aromatic heterocycles. The van der Waals surface area contributed by atoms with Crippen LogP contribution in [-0.2, 0) is 13.1 Å². The lowest BCUT2D eigenvalue weighted by atomic mass is 10.0. The molecule has 0 unspecified atom stereocenters. The van der Waals surface area contributed by atoms with E-state index in [0.29, 0.717) is 28.2 Å². The van der Waals surface area contributed by atoms with Gasteiger partial charge < -0.3 is 10.2 Å². The van der Waals surface area contributed by atoms with Crippen molar-refractivity contribution in [2.24, 2.45) is 0 Å². The molecule has 1 N–H and O–H groups in total. The lowest BCUT2D eigenvalue weighted by Gasteiger charge is -2.17. The minimum absolute atomic E-state index is 0.147. The zero-order valence-corrected chi connectivity index (χ0v) is 18.6. The van der Waals surface area contributed by atoms with Gasteiger partial charge in [-0.15, -0.1) is 5.10 Å². The highest BCUT2D eigenvalue weighted by Crippen LogP contribution is 2.31. The van der Waals surface area contributed by atoms with Crippen molar-refractivity contribution < 1.29 is 14.4 Å². The Balaban J connectivity index is 1.37. The molecular formula is C27H22N4O3. The van der Waals surface area contributed by atoms with Crippen LogP contribution in [0, 0.1) is 0 Å².